The average molecular weight is 616 g/mol. The predicted molar refractivity (Wildman–Crippen MR) is 202 cm³/mol. The van der Waals surface area contributed by atoms with Crippen LogP contribution in [-0.2, 0) is 0 Å². The van der Waals surface area contributed by atoms with Crippen molar-refractivity contribution in [2.75, 3.05) is 0 Å². The minimum atomic E-state index is -0.220. The van der Waals surface area contributed by atoms with Crippen LogP contribution in [0.2, 0.25) is 0 Å². The van der Waals surface area contributed by atoms with E-state index in [4.69, 9.17) is 5.73 Å². The van der Waals surface area contributed by atoms with Gasteiger partial charge in [-0.1, -0.05) is 133 Å². The van der Waals surface area contributed by atoms with E-state index in [1.54, 1.807) is 0 Å². The highest BCUT2D eigenvalue weighted by Crippen LogP contribution is 2.37. The monoisotopic (exact) mass is 615 g/mol. The summed E-state index contributed by atoms with van der Waals surface area (Å²) in [5.41, 5.74) is 18.3. The maximum atomic E-state index is 6.73. The van der Waals surface area contributed by atoms with Crippen molar-refractivity contribution in [2.45, 2.75) is 6.04 Å². The van der Waals surface area contributed by atoms with Crippen LogP contribution in [-0.4, -0.2) is 9.13 Å². The zero-order valence-corrected chi connectivity index (χ0v) is 26.4. The number of para-hydroxylation sites is 3. The van der Waals surface area contributed by atoms with E-state index >= 15 is 0 Å². The molecule has 2 heterocycles. The average Bonchev–Trinajstić information content (AvgIpc) is 3.67. The second-order valence-electron chi connectivity index (χ2n) is 12.4. The van der Waals surface area contributed by atoms with Gasteiger partial charge in [-0.2, -0.15) is 0 Å². The zero-order chi connectivity index (χ0) is 32.0. The van der Waals surface area contributed by atoms with E-state index in [0.717, 1.165) is 33.6 Å². The van der Waals surface area contributed by atoms with Crippen LogP contribution in [0.1, 0.15) is 22.7 Å². The van der Waals surface area contributed by atoms with Crippen LogP contribution >= 0.6 is 0 Å². The van der Waals surface area contributed by atoms with Gasteiger partial charge in [-0.15, -0.1) is 0 Å². The third-order valence-corrected chi connectivity index (χ3v) is 9.55. The molecule has 0 aliphatic rings. The highest BCUT2D eigenvalue weighted by Gasteiger charge is 2.17. The van der Waals surface area contributed by atoms with Gasteiger partial charge in [0.05, 0.1) is 22.1 Å². The fraction of sp³-hybridized carbons (Fsp3) is 0.0222. The van der Waals surface area contributed by atoms with Crippen molar-refractivity contribution in [1.29, 1.82) is 0 Å². The molecule has 9 aromatic rings. The summed E-state index contributed by atoms with van der Waals surface area (Å²) in [6, 6.07) is 62.4. The molecule has 0 fully saturated rings. The van der Waals surface area contributed by atoms with Crippen LogP contribution in [0.4, 0.5) is 0 Å². The topological polar surface area (TPSA) is 35.9 Å². The van der Waals surface area contributed by atoms with Gasteiger partial charge in [0.2, 0.25) is 0 Å². The summed E-state index contributed by atoms with van der Waals surface area (Å²) in [5.74, 6) is 0. The Kier molecular flexibility index (Phi) is 6.77. The lowest BCUT2D eigenvalue weighted by Crippen LogP contribution is -2.08. The first-order valence-corrected chi connectivity index (χ1v) is 16.4. The third-order valence-electron chi connectivity index (χ3n) is 9.55. The van der Waals surface area contributed by atoms with Crippen LogP contribution < -0.4 is 5.73 Å². The fourth-order valence-corrected chi connectivity index (χ4v) is 7.30. The molecule has 3 heteroatoms. The quantitative estimate of drug-likeness (QED) is 0.198. The van der Waals surface area contributed by atoms with Crippen molar-refractivity contribution >= 4 is 49.2 Å². The molecule has 2 N–H and O–H groups in total. The first-order valence-electron chi connectivity index (χ1n) is 16.4. The van der Waals surface area contributed by atoms with Crippen molar-refractivity contribution in [3.8, 4) is 11.4 Å². The van der Waals surface area contributed by atoms with Crippen LogP contribution in [0.25, 0.3) is 60.6 Å². The van der Waals surface area contributed by atoms with E-state index in [9.17, 15) is 0 Å². The summed E-state index contributed by atoms with van der Waals surface area (Å²) < 4.78 is 4.77. The second kappa shape index (κ2) is 11.6. The largest absolute Gasteiger partial charge is 0.321 e. The smallest absolute Gasteiger partial charge is 0.0542 e. The fourth-order valence-electron chi connectivity index (χ4n) is 7.30. The Labute approximate surface area is 279 Å². The summed E-state index contributed by atoms with van der Waals surface area (Å²) >= 11 is 0. The van der Waals surface area contributed by atoms with E-state index in [-0.39, 0.29) is 6.04 Å². The molecule has 7 aromatic carbocycles. The Balaban J connectivity index is 1.18. The van der Waals surface area contributed by atoms with E-state index in [1.807, 2.05) is 18.2 Å². The standard InChI is InChI=1S/C45H33N3/c46-41(33-15-5-2-6-16-33)30-39(31-13-3-1-4-14-31)32-23-25-34(26-24-32)47-44-22-12-9-19-38(44)40-29-35(27-28-45(40)47)48-42-20-10-7-17-36(42)37-18-8-11-21-43(37)48/h1-30,41H,46H2/b39-30-. The number of hydrogen-bond donors (Lipinski definition) is 1. The number of nitrogens with zero attached hydrogens (tertiary/aromatic N) is 2. The molecule has 0 saturated carbocycles. The number of rotatable bonds is 6. The van der Waals surface area contributed by atoms with Crippen LogP contribution in [0.3, 0.4) is 0 Å². The van der Waals surface area contributed by atoms with Gasteiger partial charge in [-0.3, -0.25) is 0 Å². The van der Waals surface area contributed by atoms with E-state index in [2.05, 4.69) is 173 Å². The van der Waals surface area contributed by atoms with Crippen molar-refractivity contribution in [2.24, 2.45) is 5.73 Å². The molecule has 0 spiro atoms. The van der Waals surface area contributed by atoms with E-state index < -0.39 is 0 Å². The highest BCUT2D eigenvalue weighted by molar-refractivity contribution is 6.12. The molecule has 48 heavy (non-hydrogen) atoms. The minimum absolute atomic E-state index is 0.220. The number of hydrogen-bond acceptors (Lipinski definition) is 1. The number of fused-ring (bicyclic) bond motifs is 6. The molecule has 0 amide bonds. The molecule has 1 unspecified atom stereocenters. The van der Waals surface area contributed by atoms with Gasteiger partial charge in [0, 0.05) is 39.0 Å². The summed E-state index contributed by atoms with van der Waals surface area (Å²) in [6.45, 7) is 0. The van der Waals surface area contributed by atoms with Crippen molar-refractivity contribution in [3.05, 3.63) is 199 Å². The van der Waals surface area contributed by atoms with Crippen molar-refractivity contribution in [1.82, 2.24) is 9.13 Å². The van der Waals surface area contributed by atoms with Gasteiger partial charge in [-0.05, 0) is 70.8 Å². The first kappa shape index (κ1) is 28.1. The lowest BCUT2D eigenvalue weighted by Gasteiger charge is -2.15. The maximum Gasteiger partial charge on any atom is 0.0542 e. The van der Waals surface area contributed by atoms with Gasteiger partial charge in [0.15, 0.2) is 0 Å². The molecule has 3 nitrogen and oxygen atoms in total. The molecule has 1 atom stereocenters. The summed E-state index contributed by atoms with van der Waals surface area (Å²) in [6.07, 6.45) is 2.18. The lowest BCUT2D eigenvalue weighted by atomic mass is 9.94. The minimum Gasteiger partial charge on any atom is -0.321 e. The summed E-state index contributed by atoms with van der Waals surface area (Å²) in [5, 5.41) is 5.00. The van der Waals surface area contributed by atoms with Crippen molar-refractivity contribution in [3.63, 3.8) is 0 Å². The van der Waals surface area contributed by atoms with Crippen LogP contribution in [0.5, 0.6) is 0 Å². The number of nitrogens with two attached hydrogens (primary N) is 1. The molecule has 9 rings (SSSR count). The number of aromatic nitrogens is 2. The Hall–Kier alpha value is -6.16. The molecule has 0 aliphatic carbocycles. The first-order chi connectivity index (χ1) is 23.7. The summed E-state index contributed by atoms with van der Waals surface area (Å²) in [7, 11) is 0. The van der Waals surface area contributed by atoms with Gasteiger partial charge in [-0.25, -0.2) is 0 Å². The van der Waals surface area contributed by atoms with Gasteiger partial charge in [0.1, 0.15) is 0 Å². The van der Waals surface area contributed by atoms with E-state index in [1.165, 1.54) is 43.6 Å². The molecule has 0 saturated heterocycles. The Morgan fingerprint density at radius 2 is 0.854 bits per heavy atom. The SMILES string of the molecule is NC(/C=C(/c1ccccc1)c1ccc(-n2c3ccccc3c3cc(-n4c5ccccc5c5ccccc54)ccc32)cc1)c1ccccc1. The highest BCUT2D eigenvalue weighted by atomic mass is 15.0. The molecular weight excluding hydrogens is 583 g/mol. The second-order valence-corrected chi connectivity index (χ2v) is 12.4. The van der Waals surface area contributed by atoms with Crippen LogP contribution in [0.15, 0.2) is 182 Å². The molecule has 0 bridgehead atoms. The predicted octanol–water partition coefficient (Wildman–Crippen LogP) is 11.0. The zero-order valence-electron chi connectivity index (χ0n) is 26.4. The van der Waals surface area contributed by atoms with Gasteiger partial charge in [0.25, 0.3) is 0 Å². The number of benzene rings is 7. The summed E-state index contributed by atoms with van der Waals surface area (Å²) in [4.78, 5) is 0. The Bertz CT molecular complexity index is 2550. The van der Waals surface area contributed by atoms with Gasteiger partial charge >= 0.3 is 0 Å². The molecule has 0 aliphatic heterocycles. The van der Waals surface area contributed by atoms with Gasteiger partial charge < -0.3 is 14.9 Å². The van der Waals surface area contributed by atoms with E-state index in [0.29, 0.717) is 0 Å². The van der Waals surface area contributed by atoms with Crippen molar-refractivity contribution < 1.29 is 0 Å². The maximum absolute atomic E-state index is 6.73. The Morgan fingerprint density at radius 1 is 0.417 bits per heavy atom. The Morgan fingerprint density at radius 3 is 1.46 bits per heavy atom. The molecule has 0 radical (unpaired) electrons. The molecular formula is C45H33N3. The lowest BCUT2D eigenvalue weighted by molar-refractivity contribution is 0.913. The molecule has 2 aromatic heterocycles. The van der Waals surface area contributed by atoms with Crippen LogP contribution in [0, 0.1) is 0 Å². The third kappa shape index (κ3) is 4.64. The molecule has 228 valence electrons. The normalized spacial score (nSPS) is 12.7.